The monoisotopic (exact) mass is 531 g/mol. The van der Waals surface area contributed by atoms with Crippen molar-refractivity contribution in [3.05, 3.63) is 111 Å². The molecular weight excluding hydrogens is 508 g/mol. The Kier molecular flexibility index (Phi) is 6.98. The molecule has 9 heteroatoms. The lowest BCUT2D eigenvalue weighted by molar-refractivity contribution is -0.0441. The molecule has 0 amide bonds. The summed E-state index contributed by atoms with van der Waals surface area (Å²) in [5.41, 5.74) is 3.21. The Hall–Kier alpha value is -2.62. The summed E-state index contributed by atoms with van der Waals surface area (Å²) in [6.45, 7) is 1.28. The lowest BCUT2D eigenvalue weighted by Crippen LogP contribution is -2.51. The second-order valence-electron chi connectivity index (χ2n) is 8.92. The minimum atomic E-state index is -3.83. The molecule has 36 heavy (non-hydrogen) atoms. The molecule has 0 aromatic heterocycles. The molecule has 2 atom stereocenters. The lowest BCUT2D eigenvalue weighted by Gasteiger charge is -2.40. The van der Waals surface area contributed by atoms with E-state index in [9.17, 15) is 17.2 Å². The molecule has 2 unspecified atom stereocenters. The van der Waals surface area contributed by atoms with Gasteiger partial charge in [-0.3, -0.25) is 0 Å². The topological polar surface area (TPSA) is 64.6 Å². The fourth-order valence-corrected chi connectivity index (χ4v) is 6.23. The molecule has 3 aromatic rings. The van der Waals surface area contributed by atoms with Gasteiger partial charge in [0.05, 0.1) is 18.1 Å². The number of rotatable bonds is 6. The molecule has 0 aliphatic carbocycles. The number of hydrogen-bond donors (Lipinski definition) is 1. The van der Waals surface area contributed by atoms with E-state index in [4.69, 9.17) is 21.1 Å². The van der Waals surface area contributed by atoms with Crippen molar-refractivity contribution in [1.82, 2.24) is 5.32 Å². The Labute approximate surface area is 213 Å². The smallest absolute Gasteiger partial charge is 0.184 e. The van der Waals surface area contributed by atoms with Gasteiger partial charge < -0.3 is 14.8 Å². The van der Waals surface area contributed by atoms with Gasteiger partial charge in [0.15, 0.2) is 16.1 Å². The van der Waals surface area contributed by atoms with E-state index in [-0.39, 0.29) is 22.9 Å². The zero-order valence-electron chi connectivity index (χ0n) is 19.4. The number of halogens is 3. The highest BCUT2D eigenvalue weighted by molar-refractivity contribution is 8.00. The zero-order chi connectivity index (χ0) is 25.4. The molecule has 0 saturated carbocycles. The highest BCUT2D eigenvalue weighted by atomic mass is 35.5. The number of benzene rings is 3. The maximum absolute atomic E-state index is 14.1. The summed E-state index contributed by atoms with van der Waals surface area (Å²) in [6.07, 6.45) is 0.585. The standard InChI is InChI=1S/C27H24ClF2NO4S/c1-36(32,33)26(19-12-21(29)14-22(30)13-19)23-15-31-25(23)24(16-5-7-20(28)8-6-16)17-3-2-4-18(11-17)27-34-9-10-35-27/h2-8,11-14,24-25,27,31H,9-10,15H2,1H3. The fourth-order valence-electron chi connectivity index (χ4n) is 4.88. The van der Waals surface area contributed by atoms with Crippen molar-refractivity contribution < 1.29 is 26.7 Å². The number of hydrogen-bond acceptors (Lipinski definition) is 5. The van der Waals surface area contributed by atoms with E-state index < -0.39 is 33.8 Å². The SMILES string of the molecule is CS(=O)(=O)C(=C1CNC1C(c1ccc(Cl)cc1)c1cccc(C2OCCO2)c1)c1cc(F)cc(F)c1. The van der Waals surface area contributed by atoms with Crippen LogP contribution in [0.1, 0.15) is 34.5 Å². The van der Waals surface area contributed by atoms with Crippen LogP contribution in [0.3, 0.4) is 0 Å². The number of sulfone groups is 1. The predicted molar refractivity (Wildman–Crippen MR) is 134 cm³/mol. The quantitative estimate of drug-likeness (QED) is 0.472. The van der Waals surface area contributed by atoms with Gasteiger partial charge in [0, 0.05) is 41.4 Å². The summed E-state index contributed by atoms with van der Waals surface area (Å²) < 4.78 is 65.3. The molecular formula is C27H24ClF2NO4S. The first-order valence-electron chi connectivity index (χ1n) is 11.4. The molecule has 5 rings (SSSR count). The fraction of sp³-hybridized carbons (Fsp3) is 0.259. The molecule has 2 saturated heterocycles. The Morgan fingerprint density at radius 3 is 2.22 bits per heavy atom. The lowest BCUT2D eigenvalue weighted by atomic mass is 9.77. The molecule has 5 nitrogen and oxygen atoms in total. The highest BCUT2D eigenvalue weighted by Gasteiger charge is 2.38. The molecule has 2 aliphatic heterocycles. The minimum Gasteiger partial charge on any atom is -0.346 e. The van der Waals surface area contributed by atoms with Crippen molar-refractivity contribution in [2.75, 3.05) is 26.0 Å². The Morgan fingerprint density at radius 2 is 1.64 bits per heavy atom. The summed E-state index contributed by atoms with van der Waals surface area (Å²) in [4.78, 5) is -0.0674. The van der Waals surface area contributed by atoms with Crippen LogP contribution in [-0.2, 0) is 19.3 Å². The van der Waals surface area contributed by atoms with Crippen LogP contribution in [0.4, 0.5) is 8.78 Å². The molecule has 0 spiro atoms. The van der Waals surface area contributed by atoms with Gasteiger partial charge in [0.2, 0.25) is 0 Å². The van der Waals surface area contributed by atoms with Crippen LogP contribution in [0, 0.1) is 11.6 Å². The summed E-state index contributed by atoms with van der Waals surface area (Å²) in [5.74, 6) is -1.99. The molecule has 2 heterocycles. The van der Waals surface area contributed by atoms with Gasteiger partial charge in [-0.05, 0) is 46.5 Å². The van der Waals surface area contributed by atoms with Crippen molar-refractivity contribution in [3.8, 4) is 0 Å². The van der Waals surface area contributed by atoms with Gasteiger partial charge in [-0.1, -0.05) is 48.0 Å². The zero-order valence-corrected chi connectivity index (χ0v) is 21.0. The third-order valence-corrected chi connectivity index (χ3v) is 7.89. The average Bonchev–Trinajstić information content (AvgIpc) is 3.34. The van der Waals surface area contributed by atoms with E-state index in [1.54, 1.807) is 12.1 Å². The number of ether oxygens (including phenoxy) is 2. The van der Waals surface area contributed by atoms with Crippen LogP contribution >= 0.6 is 11.6 Å². The van der Waals surface area contributed by atoms with E-state index in [2.05, 4.69) is 5.32 Å². The van der Waals surface area contributed by atoms with Crippen molar-refractivity contribution in [2.24, 2.45) is 0 Å². The van der Waals surface area contributed by atoms with E-state index in [1.807, 2.05) is 36.4 Å². The van der Waals surface area contributed by atoms with Crippen LogP contribution in [0.15, 0.2) is 72.3 Å². The second kappa shape index (κ2) is 10.0. The van der Waals surface area contributed by atoms with Crippen LogP contribution in [0.2, 0.25) is 5.02 Å². The Bertz CT molecular complexity index is 1400. The summed E-state index contributed by atoms with van der Waals surface area (Å²) in [5, 5.41) is 3.92. The first-order chi connectivity index (χ1) is 17.2. The van der Waals surface area contributed by atoms with Gasteiger partial charge in [0.1, 0.15) is 11.6 Å². The Balaban J connectivity index is 1.65. The van der Waals surface area contributed by atoms with Crippen LogP contribution in [0.25, 0.3) is 4.91 Å². The highest BCUT2D eigenvalue weighted by Crippen LogP contribution is 2.41. The normalized spacial score (nSPS) is 20.7. The average molecular weight is 532 g/mol. The largest absolute Gasteiger partial charge is 0.346 e. The van der Waals surface area contributed by atoms with Crippen molar-refractivity contribution in [2.45, 2.75) is 18.2 Å². The third kappa shape index (κ3) is 5.10. The molecule has 0 bridgehead atoms. The van der Waals surface area contributed by atoms with Crippen LogP contribution in [0.5, 0.6) is 0 Å². The predicted octanol–water partition coefficient (Wildman–Crippen LogP) is 5.22. The van der Waals surface area contributed by atoms with Gasteiger partial charge in [-0.15, -0.1) is 0 Å². The molecule has 2 fully saturated rings. The van der Waals surface area contributed by atoms with E-state index in [0.29, 0.717) is 23.8 Å². The van der Waals surface area contributed by atoms with Crippen molar-refractivity contribution in [3.63, 3.8) is 0 Å². The maximum atomic E-state index is 14.1. The second-order valence-corrected chi connectivity index (χ2v) is 11.3. The molecule has 3 aromatic carbocycles. The molecule has 1 N–H and O–H groups in total. The van der Waals surface area contributed by atoms with Crippen LogP contribution < -0.4 is 5.32 Å². The first-order valence-corrected chi connectivity index (χ1v) is 13.7. The van der Waals surface area contributed by atoms with E-state index >= 15 is 0 Å². The van der Waals surface area contributed by atoms with Gasteiger partial charge in [0.25, 0.3) is 0 Å². The molecule has 0 radical (unpaired) electrons. The van der Waals surface area contributed by atoms with E-state index in [1.165, 1.54) is 0 Å². The summed E-state index contributed by atoms with van der Waals surface area (Å²) in [6, 6.07) is 17.5. The van der Waals surface area contributed by atoms with Gasteiger partial charge >= 0.3 is 0 Å². The van der Waals surface area contributed by atoms with Gasteiger partial charge in [-0.2, -0.15) is 0 Å². The van der Waals surface area contributed by atoms with E-state index in [0.717, 1.165) is 41.1 Å². The minimum absolute atomic E-state index is 0.00661. The third-order valence-electron chi connectivity index (χ3n) is 6.40. The molecule has 188 valence electrons. The summed E-state index contributed by atoms with van der Waals surface area (Å²) >= 11 is 6.14. The summed E-state index contributed by atoms with van der Waals surface area (Å²) in [7, 11) is -3.83. The maximum Gasteiger partial charge on any atom is 0.184 e. The Morgan fingerprint density at radius 1 is 0.972 bits per heavy atom. The van der Waals surface area contributed by atoms with Crippen molar-refractivity contribution >= 4 is 26.3 Å². The first kappa shape index (κ1) is 25.0. The van der Waals surface area contributed by atoms with Gasteiger partial charge in [-0.25, -0.2) is 17.2 Å². The molecule has 2 aliphatic rings. The number of nitrogens with one attached hydrogen (secondary N) is 1. The van der Waals surface area contributed by atoms with Crippen molar-refractivity contribution in [1.29, 1.82) is 0 Å². The van der Waals surface area contributed by atoms with Crippen LogP contribution in [-0.4, -0.2) is 40.5 Å².